The van der Waals surface area contributed by atoms with Crippen LogP contribution in [0.5, 0.6) is 0 Å². The van der Waals surface area contributed by atoms with Gasteiger partial charge in [0.15, 0.2) is 4.96 Å². The number of anilines is 1. The number of aromatic nitrogens is 2. The van der Waals surface area contributed by atoms with Crippen molar-refractivity contribution in [2.24, 2.45) is 0 Å². The van der Waals surface area contributed by atoms with E-state index in [0.717, 1.165) is 30.8 Å². The molecule has 1 atom stereocenters. The second kappa shape index (κ2) is 7.12. The molecule has 1 aliphatic rings. The van der Waals surface area contributed by atoms with E-state index in [0.29, 0.717) is 23.6 Å². The van der Waals surface area contributed by atoms with Gasteiger partial charge in [-0.3, -0.25) is 9.20 Å². The second-order valence-electron chi connectivity index (χ2n) is 6.70. The highest BCUT2D eigenvalue weighted by atomic mass is 32.1. The lowest BCUT2D eigenvalue weighted by Crippen LogP contribution is -2.25. The quantitative estimate of drug-likeness (QED) is 0.672. The first-order chi connectivity index (χ1) is 13.1. The summed E-state index contributed by atoms with van der Waals surface area (Å²) in [7, 11) is 0. The summed E-state index contributed by atoms with van der Waals surface area (Å²) in [5.74, 6) is -0.150. The summed E-state index contributed by atoms with van der Waals surface area (Å²) in [6.45, 7) is 3.22. The number of nitriles is 1. The number of hydrogen-bond donors (Lipinski definition) is 0. The number of hydrogen-bond acceptors (Lipinski definition) is 5. The molecule has 1 aliphatic carbocycles. The van der Waals surface area contributed by atoms with Crippen LogP contribution < -0.4 is 10.5 Å². The summed E-state index contributed by atoms with van der Waals surface area (Å²) in [5.41, 5.74) is 2.48. The van der Waals surface area contributed by atoms with Crippen molar-refractivity contribution in [1.29, 1.82) is 5.26 Å². The Morgan fingerprint density at radius 2 is 2.19 bits per heavy atom. The molecule has 0 spiro atoms. The van der Waals surface area contributed by atoms with Gasteiger partial charge in [-0.05, 0) is 44.0 Å². The Morgan fingerprint density at radius 1 is 1.41 bits per heavy atom. The van der Waals surface area contributed by atoms with Crippen molar-refractivity contribution in [2.75, 3.05) is 11.4 Å². The molecular formula is C20H19FN4OS. The van der Waals surface area contributed by atoms with Gasteiger partial charge in [-0.2, -0.15) is 5.26 Å². The molecule has 0 saturated carbocycles. The summed E-state index contributed by atoms with van der Waals surface area (Å²) in [6, 6.07) is 10.1. The maximum atomic E-state index is 13.2. The molecule has 4 rings (SSSR count). The zero-order valence-electron chi connectivity index (χ0n) is 15.0. The van der Waals surface area contributed by atoms with Gasteiger partial charge in [0, 0.05) is 41.2 Å². The minimum Gasteiger partial charge on any atom is -0.366 e. The molecule has 0 bridgehead atoms. The molecule has 3 aromatic rings. The predicted octanol–water partition coefficient (Wildman–Crippen LogP) is 3.87. The average Bonchev–Trinajstić information content (AvgIpc) is 3.20. The molecule has 7 heteroatoms. The largest absolute Gasteiger partial charge is 0.366 e. The molecule has 0 radical (unpaired) electrons. The van der Waals surface area contributed by atoms with Gasteiger partial charge in [0.1, 0.15) is 5.82 Å². The number of aryl methyl sites for hydroxylation is 1. The maximum absolute atomic E-state index is 13.2. The standard InChI is InChI=1S/C20H19FN4OS/c1-2-24(16-6-4-14(21)5-7-16)12-15-11-18(26)25-19-13(9-10-22)3-8-17(19)27-20(25)23-15/h4-7,11,13H,2-3,8-9,12H2,1H3. The third-order valence-corrected chi connectivity index (χ3v) is 6.17. The van der Waals surface area contributed by atoms with E-state index in [1.807, 2.05) is 6.92 Å². The monoisotopic (exact) mass is 382 g/mol. The fourth-order valence-electron chi connectivity index (χ4n) is 3.74. The first kappa shape index (κ1) is 17.7. The van der Waals surface area contributed by atoms with Gasteiger partial charge in [0.25, 0.3) is 5.56 Å². The van der Waals surface area contributed by atoms with Crippen molar-refractivity contribution in [2.45, 2.75) is 38.6 Å². The van der Waals surface area contributed by atoms with Crippen LogP contribution in [0.25, 0.3) is 4.96 Å². The van der Waals surface area contributed by atoms with E-state index < -0.39 is 0 Å². The number of halogens is 1. The van der Waals surface area contributed by atoms with Crippen LogP contribution in [0, 0.1) is 17.1 Å². The molecule has 0 saturated heterocycles. The number of thiazole rings is 1. The Morgan fingerprint density at radius 3 is 2.89 bits per heavy atom. The van der Waals surface area contributed by atoms with E-state index in [9.17, 15) is 9.18 Å². The van der Waals surface area contributed by atoms with E-state index in [2.05, 4.69) is 11.0 Å². The van der Waals surface area contributed by atoms with Crippen LogP contribution in [0.3, 0.4) is 0 Å². The fraction of sp³-hybridized carbons (Fsp3) is 0.350. The van der Waals surface area contributed by atoms with Gasteiger partial charge in [-0.15, -0.1) is 11.3 Å². The third-order valence-electron chi connectivity index (χ3n) is 5.05. The lowest BCUT2D eigenvalue weighted by molar-refractivity contribution is 0.627. The summed E-state index contributed by atoms with van der Waals surface area (Å²) >= 11 is 1.55. The summed E-state index contributed by atoms with van der Waals surface area (Å²) in [6.07, 6.45) is 2.26. The first-order valence-electron chi connectivity index (χ1n) is 9.02. The Kier molecular flexibility index (Phi) is 4.66. The highest BCUT2D eigenvalue weighted by Gasteiger charge is 2.29. The molecule has 0 amide bonds. The molecule has 138 valence electrons. The third kappa shape index (κ3) is 3.21. The number of fused-ring (bicyclic) bond motifs is 3. The molecule has 0 N–H and O–H groups in total. The zero-order chi connectivity index (χ0) is 19.0. The van der Waals surface area contributed by atoms with E-state index in [-0.39, 0.29) is 17.3 Å². The Balaban J connectivity index is 1.69. The molecular weight excluding hydrogens is 363 g/mol. The van der Waals surface area contributed by atoms with Gasteiger partial charge in [-0.1, -0.05) is 0 Å². The molecule has 0 aliphatic heterocycles. The Bertz CT molecular complexity index is 1080. The van der Waals surface area contributed by atoms with Crippen molar-refractivity contribution in [3.05, 3.63) is 62.8 Å². The molecule has 2 heterocycles. The van der Waals surface area contributed by atoms with Crippen LogP contribution in [0.2, 0.25) is 0 Å². The lowest BCUT2D eigenvalue weighted by Gasteiger charge is -2.22. The van der Waals surface area contributed by atoms with Gasteiger partial charge in [0.2, 0.25) is 0 Å². The smallest absolute Gasteiger partial charge is 0.259 e. The SMILES string of the molecule is CCN(Cc1cc(=O)n2c3c(sc2n1)CCC3CC#N)c1ccc(F)cc1. The van der Waals surface area contributed by atoms with E-state index >= 15 is 0 Å². The van der Waals surface area contributed by atoms with Gasteiger partial charge in [0.05, 0.1) is 18.3 Å². The maximum Gasteiger partial charge on any atom is 0.259 e. The van der Waals surface area contributed by atoms with Crippen molar-refractivity contribution >= 4 is 22.0 Å². The van der Waals surface area contributed by atoms with Crippen LogP contribution >= 0.6 is 11.3 Å². The van der Waals surface area contributed by atoms with Crippen molar-refractivity contribution in [1.82, 2.24) is 9.38 Å². The van der Waals surface area contributed by atoms with Gasteiger partial charge < -0.3 is 4.90 Å². The van der Waals surface area contributed by atoms with Crippen LogP contribution in [-0.4, -0.2) is 15.9 Å². The average molecular weight is 382 g/mol. The number of rotatable bonds is 5. The summed E-state index contributed by atoms with van der Waals surface area (Å²) < 4.78 is 14.9. The minimum atomic E-state index is -0.271. The number of nitrogens with zero attached hydrogens (tertiary/aromatic N) is 4. The lowest BCUT2D eigenvalue weighted by atomic mass is 10.0. The zero-order valence-corrected chi connectivity index (χ0v) is 15.8. The van der Waals surface area contributed by atoms with E-state index in [1.54, 1.807) is 33.9 Å². The highest BCUT2D eigenvalue weighted by molar-refractivity contribution is 7.17. The van der Waals surface area contributed by atoms with Crippen molar-refractivity contribution in [3.63, 3.8) is 0 Å². The molecule has 1 unspecified atom stereocenters. The van der Waals surface area contributed by atoms with Crippen LogP contribution in [0.1, 0.15) is 41.9 Å². The van der Waals surface area contributed by atoms with E-state index in [1.165, 1.54) is 17.0 Å². The number of benzene rings is 1. The molecule has 27 heavy (non-hydrogen) atoms. The second-order valence-corrected chi connectivity index (χ2v) is 7.76. The summed E-state index contributed by atoms with van der Waals surface area (Å²) in [5, 5.41) is 9.05. The summed E-state index contributed by atoms with van der Waals surface area (Å²) in [4.78, 5) is 21.4. The van der Waals surface area contributed by atoms with Crippen LogP contribution in [-0.2, 0) is 13.0 Å². The Labute approximate surface area is 160 Å². The molecule has 5 nitrogen and oxygen atoms in total. The highest BCUT2D eigenvalue weighted by Crippen LogP contribution is 2.39. The van der Waals surface area contributed by atoms with Crippen LogP contribution in [0.4, 0.5) is 10.1 Å². The Hall–Kier alpha value is -2.72. The molecule has 2 aromatic heterocycles. The molecule has 0 fully saturated rings. The van der Waals surface area contributed by atoms with Gasteiger partial charge in [-0.25, -0.2) is 9.37 Å². The van der Waals surface area contributed by atoms with Crippen LogP contribution in [0.15, 0.2) is 35.1 Å². The topological polar surface area (TPSA) is 61.4 Å². The normalized spacial score (nSPS) is 15.7. The fourth-order valence-corrected chi connectivity index (χ4v) is 4.98. The predicted molar refractivity (Wildman–Crippen MR) is 104 cm³/mol. The molecule has 1 aromatic carbocycles. The first-order valence-corrected chi connectivity index (χ1v) is 9.84. The van der Waals surface area contributed by atoms with Gasteiger partial charge >= 0.3 is 0 Å². The minimum absolute atomic E-state index is 0.0903. The van der Waals surface area contributed by atoms with Crippen molar-refractivity contribution < 1.29 is 4.39 Å². The van der Waals surface area contributed by atoms with E-state index in [4.69, 9.17) is 10.2 Å². The van der Waals surface area contributed by atoms with Crippen molar-refractivity contribution in [3.8, 4) is 6.07 Å².